The second kappa shape index (κ2) is 10.5. The van der Waals surface area contributed by atoms with Crippen LogP contribution in [-0.4, -0.2) is 73.5 Å². The first-order valence-electron chi connectivity index (χ1n) is 11.7. The van der Waals surface area contributed by atoms with Crippen LogP contribution < -0.4 is 16.4 Å². The number of carboxylic acids is 1. The predicted molar refractivity (Wildman–Crippen MR) is 139 cm³/mol. The summed E-state index contributed by atoms with van der Waals surface area (Å²) in [7, 11) is 0. The van der Waals surface area contributed by atoms with Gasteiger partial charge in [-0.1, -0.05) is 30.3 Å². The van der Waals surface area contributed by atoms with E-state index in [1.54, 1.807) is 36.4 Å². The smallest absolute Gasteiger partial charge is 0.404 e. The number of hydrogen-bond donors (Lipinski definition) is 5. The molecular weight excluding hydrogens is 528 g/mol. The van der Waals surface area contributed by atoms with Crippen LogP contribution in [0, 0.1) is 0 Å². The number of anilines is 1. The second-order valence-corrected chi connectivity index (χ2v) is 9.82. The molecule has 6 N–H and O–H groups in total. The lowest BCUT2D eigenvalue weighted by molar-refractivity contribution is -0.150. The van der Waals surface area contributed by atoms with Crippen molar-refractivity contribution in [1.82, 2.24) is 20.2 Å². The highest BCUT2D eigenvalue weighted by atomic mass is 32.2. The van der Waals surface area contributed by atoms with Gasteiger partial charge in [0.1, 0.15) is 23.7 Å². The average molecular weight is 551 g/mol. The molecule has 0 radical (unpaired) electrons. The molecule has 1 fully saturated rings. The Morgan fingerprint density at radius 3 is 2.64 bits per heavy atom. The Morgan fingerprint density at radius 1 is 1.15 bits per heavy atom. The highest BCUT2D eigenvalue weighted by Gasteiger charge is 2.54. The van der Waals surface area contributed by atoms with Crippen molar-refractivity contribution in [2.45, 2.75) is 17.8 Å². The van der Waals surface area contributed by atoms with Gasteiger partial charge in [0.25, 0.3) is 11.8 Å². The fourth-order valence-electron chi connectivity index (χ4n) is 4.39. The topological polar surface area (TPSA) is 197 Å². The van der Waals surface area contributed by atoms with Crippen molar-refractivity contribution in [2.75, 3.05) is 17.7 Å². The fraction of sp³-hybridized carbons (Fsp3) is 0.200. The monoisotopic (exact) mass is 550 g/mol. The summed E-state index contributed by atoms with van der Waals surface area (Å²) in [6.45, 7) is -0.353. The number of rotatable bonds is 8. The third-order valence-electron chi connectivity index (χ3n) is 6.18. The van der Waals surface area contributed by atoms with Crippen LogP contribution in [0.25, 0.3) is 11.0 Å². The Hall–Kier alpha value is -4.85. The zero-order valence-electron chi connectivity index (χ0n) is 20.2. The molecule has 0 spiro atoms. The van der Waals surface area contributed by atoms with Crippen molar-refractivity contribution < 1.29 is 33.8 Å². The molecule has 13 nitrogen and oxygen atoms in total. The number of aromatic nitrogens is 2. The van der Waals surface area contributed by atoms with Crippen molar-refractivity contribution in [3.63, 3.8) is 0 Å². The molecule has 3 heterocycles. The van der Waals surface area contributed by atoms with Gasteiger partial charge < -0.3 is 31.2 Å². The molecule has 0 saturated carbocycles. The minimum atomic E-state index is -1.35. The summed E-state index contributed by atoms with van der Waals surface area (Å²) in [5.74, 6) is -2.62. The first kappa shape index (κ1) is 25.8. The van der Waals surface area contributed by atoms with Crippen LogP contribution in [0.4, 0.5) is 10.5 Å². The normalized spacial score (nSPS) is 18.3. The van der Waals surface area contributed by atoms with E-state index >= 15 is 0 Å². The average Bonchev–Trinajstić information content (AvgIpc) is 3.35. The van der Waals surface area contributed by atoms with Gasteiger partial charge in [0.2, 0.25) is 5.91 Å². The molecule has 2 aliphatic heterocycles. The number of benzene rings is 2. The lowest BCUT2D eigenvalue weighted by Gasteiger charge is -2.49. The van der Waals surface area contributed by atoms with Gasteiger partial charge >= 0.3 is 12.1 Å². The quantitative estimate of drug-likeness (QED) is 0.256. The van der Waals surface area contributed by atoms with Crippen LogP contribution >= 0.6 is 11.8 Å². The Balaban J connectivity index is 1.25. The number of carboxylic acid groups (broad SMARTS) is 1. The number of primary amides is 1. The Bertz CT molecular complexity index is 1520. The molecule has 2 aliphatic rings. The van der Waals surface area contributed by atoms with Crippen LogP contribution in [0.15, 0.2) is 59.8 Å². The molecule has 1 aromatic heterocycles. The number of ether oxygens (including phenoxy) is 1. The number of carbonyl (C=O) groups is 5. The highest BCUT2D eigenvalue weighted by molar-refractivity contribution is 8.00. The van der Waals surface area contributed by atoms with Crippen molar-refractivity contribution in [3.8, 4) is 0 Å². The minimum absolute atomic E-state index is 0.118. The molecule has 0 aliphatic carbocycles. The number of hydrogen-bond acceptors (Lipinski definition) is 8. The summed E-state index contributed by atoms with van der Waals surface area (Å²) in [5, 5.41) is 14.4. The Labute approximate surface area is 224 Å². The second-order valence-electron chi connectivity index (χ2n) is 8.71. The van der Waals surface area contributed by atoms with Gasteiger partial charge in [0.05, 0.1) is 17.5 Å². The van der Waals surface area contributed by atoms with E-state index in [9.17, 15) is 29.1 Å². The van der Waals surface area contributed by atoms with Crippen molar-refractivity contribution in [2.24, 2.45) is 5.73 Å². The summed E-state index contributed by atoms with van der Waals surface area (Å²) >= 11 is 1.23. The Kier molecular flexibility index (Phi) is 6.94. The number of nitrogens with zero attached hydrogens (tertiary/aromatic N) is 2. The van der Waals surface area contributed by atoms with E-state index < -0.39 is 41.2 Å². The maximum absolute atomic E-state index is 12.9. The molecular formula is C25H22N6O7S. The van der Waals surface area contributed by atoms with E-state index in [4.69, 9.17) is 10.5 Å². The lowest BCUT2D eigenvalue weighted by atomic mass is 10.0. The van der Waals surface area contributed by atoms with Crippen molar-refractivity contribution >= 4 is 58.3 Å². The van der Waals surface area contributed by atoms with E-state index in [2.05, 4.69) is 20.6 Å². The number of imidazole rings is 1. The number of nitrogens with one attached hydrogen (secondary N) is 3. The lowest BCUT2D eigenvalue weighted by Crippen LogP contribution is -2.70. The zero-order chi connectivity index (χ0) is 27.7. The summed E-state index contributed by atoms with van der Waals surface area (Å²) in [6.07, 6.45) is -1.20. The van der Waals surface area contributed by atoms with Crippen molar-refractivity contribution in [1.29, 1.82) is 0 Å². The molecule has 2 aromatic carbocycles. The highest BCUT2D eigenvalue weighted by Crippen LogP contribution is 2.40. The van der Waals surface area contributed by atoms with Gasteiger partial charge in [-0.3, -0.25) is 19.3 Å². The number of β-lactam (4-membered cyclic amide) rings is 1. The van der Waals surface area contributed by atoms with Crippen LogP contribution in [-0.2, 0) is 25.5 Å². The third kappa shape index (κ3) is 5.13. The van der Waals surface area contributed by atoms with E-state index in [-0.39, 0.29) is 35.9 Å². The molecule has 1 unspecified atom stereocenters. The van der Waals surface area contributed by atoms with E-state index in [1.807, 2.05) is 12.1 Å². The molecule has 0 bridgehead atoms. The van der Waals surface area contributed by atoms with Gasteiger partial charge in [0.15, 0.2) is 5.82 Å². The minimum Gasteiger partial charge on any atom is -0.477 e. The number of amides is 4. The van der Waals surface area contributed by atoms with Gasteiger partial charge in [-0.25, -0.2) is 14.6 Å². The molecule has 14 heteroatoms. The maximum atomic E-state index is 12.9. The molecule has 2 atom stereocenters. The number of nitrogens with two attached hydrogens (primary N) is 1. The van der Waals surface area contributed by atoms with Crippen LogP contribution in [0.3, 0.4) is 0 Å². The summed E-state index contributed by atoms with van der Waals surface area (Å²) in [6, 6.07) is 13.0. The van der Waals surface area contributed by atoms with E-state index in [1.165, 1.54) is 11.8 Å². The molecule has 1 saturated heterocycles. The van der Waals surface area contributed by atoms with Gasteiger partial charge in [-0.05, 0) is 23.8 Å². The van der Waals surface area contributed by atoms with Crippen molar-refractivity contribution in [3.05, 3.63) is 71.2 Å². The van der Waals surface area contributed by atoms with Gasteiger partial charge in [-0.15, -0.1) is 11.8 Å². The SMILES string of the molecule is NC(=O)OCC1=C(C(=O)O)N2C(=O)C(NC(=O)Cc3ccccc3NC(=O)c3nc4ccccc4[nH]3)[C@H]2SC1. The largest absolute Gasteiger partial charge is 0.477 e. The molecule has 200 valence electrons. The summed E-state index contributed by atoms with van der Waals surface area (Å²) in [4.78, 5) is 69.6. The number of fused-ring (bicyclic) bond motifs is 2. The summed E-state index contributed by atoms with van der Waals surface area (Å²) < 4.78 is 4.71. The first-order chi connectivity index (χ1) is 18.7. The third-order valence-corrected chi connectivity index (χ3v) is 7.52. The van der Waals surface area contributed by atoms with Gasteiger partial charge in [-0.2, -0.15) is 0 Å². The number of thioether (sulfide) groups is 1. The molecule has 4 amide bonds. The molecule has 39 heavy (non-hydrogen) atoms. The maximum Gasteiger partial charge on any atom is 0.404 e. The predicted octanol–water partition coefficient (Wildman–Crippen LogP) is 1.19. The van der Waals surface area contributed by atoms with Crippen LogP contribution in [0.5, 0.6) is 0 Å². The van der Waals surface area contributed by atoms with E-state index in [0.717, 1.165) is 4.90 Å². The fourth-order valence-corrected chi connectivity index (χ4v) is 5.72. The number of para-hydroxylation sites is 3. The number of carbonyl (C=O) groups excluding carboxylic acids is 4. The standard InChI is InChI=1S/C25H22N6O7S/c26-25(37)38-10-13-11-39-23-18(22(34)31(23)19(13)24(35)36)30-17(32)9-12-5-1-2-6-14(12)29-21(33)20-27-15-7-3-4-8-16(15)28-20/h1-8,18,23H,9-11H2,(H2,26,37)(H,27,28)(H,29,33)(H,30,32)(H,35,36)/t18?,23-/m1/s1. The molecule has 3 aromatic rings. The number of H-pyrrole nitrogens is 1. The van der Waals surface area contributed by atoms with Gasteiger partial charge in [0, 0.05) is 17.0 Å². The first-order valence-corrected chi connectivity index (χ1v) is 12.7. The number of aliphatic carboxylic acids is 1. The van der Waals surface area contributed by atoms with Crippen LogP contribution in [0.2, 0.25) is 0 Å². The van der Waals surface area contributed by atoms with E-state index in [0.29, 0.717) is 22.3 Å². The summed E-state index contributed by atoms with van der Waals surface area (Å²) in [5.41, 5.74) is 7.18. The van der Waals surface area contributed by atoms with Crippen LogP contribution in [0.1, 0.15) is 16.2 Å². The molecule has 5 rings (SSSR count). The number of aromatic amines is 1. The zero-order valence-corrected chi connectivity index (χ0v) is 21.0. The Morgan fingerprint density at radius 2 is 1.90 bits per heavy atom.